The van der Waals surface area contributed by atoms with Crippen LogP contribution in [0.1, 0.15) is 24.3 Å². The standard InChI is InChI=1S/C14H14N2O2/c15-7-12(9-5-6-9)16-14(17)11-8-18-13-4-2-1-3-10(11)13/h1-4,9,11-12H,5-6,8H2,(H,16,17)/t11-,12-/m0/s1. The Labute approximate surface area is 106 Å². The lowest BCUT2D eigenvalue weighted by Crippen LogP contribution is -2.39. The molecule has 0 unspecified atom stereocenters. The molecule has 0 aromatic heterocycles. The van der Waals surface area contributed by atoms with Gasteiger partial charge in [0.2, 0.25) is 5.91 Å². The molecule has 1 saturated carbocycles. The average molecular weight is 242 g/mol. The number of amides is 1. The van der Waals surface area contributed by atoms with Crippen molar-refractivity contribution >= 4 is 5.91 Å². The van der Waals surface area contributed by atoms with Crippen molar-refractivity contribution < 1.29 is 9.53 Å². The zero-order valence-corrected chi connectivity index (χ0v) is 9.93. The van der Waals surface area contributed by atoms with E-state index in [9.17, 15) is 4.79 Å². The van der Waals surface area contributed by atoms with E-state index in [4.69, 9.17) is 10.00 Å². The third-order valence-electron chi connectivity index (χ3n) is 3.55. The van der Waals surface area contributed by atoms with Crippen LogP contribution in [0.4, 0.5) is 0 Å². The quantitative estimate of drug-likeness (QED) is 0.875. The summed E-state index contributed by atoms with van der Waals surface area (Å²) in [5.74, 6) is 0.739. The Morgan fingerprint density at radius 1 is 1.44 bits per heavy atom. The number of nitrogens with one attached hydrogen (secondary N) is 1. The molecule has 1 aromatic rings. The lowest BCUT2D eigenvalue weighted by atomic mass is 10.00. The number of hydrogen-bond acceptors (Lipinski definition) is 3. The van der Waals surface area contributed by atoms with E-state index >= 15 is 0 Å². The first-order chi connectivity index (χ1) is 8.79. The molecule has 1 fully saturated rings. The van der Waals surface area contributed by atoms with Crippen LogP contribution in [0, 0.1) is 17.2 Å². The Kier molecular flexibility index (Phi) is 2.67. The highest BCUT2D eigenvalue weighted by atomic mass is 16.5. The minimum absolute atomic E-state index is 0.0987. The summed E-state index contributed by atoms with van der Waals surface area (Å²) >= 11 is 0. The van der Waals surface area contributed by atoms with Crippen LogP contribution in [0.5, 0.6) is 5.75 Å². The summed E-state index contributed by atoms with van der Waals surface area (Å²) in [6.45, 7) is 0.369. The molecule has 3 rings (SSSR count). The lowest BCUT2D eigenvalue weighted by molar-refractivity contribution is -0.123. The van der Waals surface area contributed by atoms with Crippen molar-refractivity contribution in [2.75, 3.05) is 6.61 Å². The van der Waals surface area contributed by atoms with Crippen LogP contribution in [-0.4, -0.2) is 18.6 Å². The van der Waals surface area contributed by atoms with Crippen LogP contribution < -0.4 is 10.1 Å². The van der Waals surface area contributed by atoms with Crippen molar-refractivity contribution in [3.8, 4) is 11.8 Å². The zero-order valence-electron chi connectivity index (χ0n) is 9.93. The topological polar surface area (TPSA) is 62.1 Å². The Hall–Kier alpha value is -2.02. The van der Waals surface area contributed by atoms with E-state index in [0.717, 1.165) is 24.2 Å². The number of rotatable bonds is 3. The molecule has 4 heteroatoms. The maximum Gasteiger partial charge on any atom is 0.232 e. The van der Waals surface area contributed by atoms with Gasteiger partial charge in [-0.25, -0.2) is 0 Å². The third kappa shape index (κ3) is 1.92. The number of fused-ring (bicyclic) bond motifs is 1. The van der Waals surface area contributed by atoms with Gasteiger partial charge in [0, 0.05) is 5.56 Å². The molecule has 1 heterocycles. The summed E-state index contributed by atoms with van der Waals surface area (Å²) in [6.07, 6.45) is 2.08. The maximum atomic E-state index is 12.2. The summed E-state index contributed by atoms with van der Waals surface area (Å²) in [6, 6.07) is 9.39. The van der Waals surface area contributed by atoms with Gasteiger partial charge in [0.1, 0.15) is 24.3 Å². The number of carbonyl (C=O) groups is 1. The first kappa shape index (κ1) is 11.1. The van der Waals surface area contributed by atoms with E-state index in [2.05, 4.69) is 11.4 Å². The molecule has 0 radical (unpaired) electrons. The molecule has 1 aliphatic heterocycles. The van der Waals surface area contributed by atoms with Gasteiger partial charge in [-0.05, 0) is 24.8 Å². The maximum absolute atomic E-state index is 12.2. The number of nitriles is 1. The fourth-order valence-corrected chi connectivity index (χ4v) is 2.32. The van der Waals surface area contributed by atoms with E-state index in [1.54, 1.807) is 0 Å². The minimum atomic E-state index is -0.342. The van der Waals surface area contributed by atoms with Crippen molar-refractivity contribution in [3.63, 3.8) is 0 Å². The van der Waals surface area contributed by atoms with Crippen LogP contribution in [0.3, 0.4) is 0 Å². The van der Waals surface area contributed by atoms with Gasteiger partial charge >= 0.3 is 0 Å². The van der Waals surface area contributed by atoms with Gasteiger partial charge < -0.3 is 10.1 Å². The van der Waals surface area contributed by atoms with Gasteiger partial charge in [0.05, 0.1) is 6.07 Å². The van der Waals surface area contributed by atoms with Crippen LogP contribution in [0.15, 0.2) is 24.3 Å². The fraction of sp³-hybridized carbons (Fsp3) is 0.429. The smallest absolute Gasteiger partial charge is 0.232 e. The molecule has 0 bridgehead atoms. The van der Waals surface area contributed by atoms with Crippen molar-refractivity contribution in [2.24, 2.45) is 5.92 Å². The summed E-state index contributed by atoms with van der Waals surface area (Å²) < 4.78 is 5.48. The molecular formula is C14H14N2O2. The Morgan fingerprint density at radius 2 is 2.22 bits per heavy atom. The van der Waals surface area contributed by atoms with E-state index in [1.807, 2.05) is 24.3 Å². The summed E-state index contributed by atoms with van der Waals surface area (Å²) in [5.41, 5.74) is 0.919. The second kappa shape index (κ2) is 4.34. The van der Waals surface area contributed by atoms with Crippen LogP contribution in [0.2, 0.25) is 0 Å². The van der Waals surface area contributed by atoms with Crippen LogP contribution in [-0.2, 0) is 4.79 Å². The van der Waals surface area contributed by atoms with E-state index < -0.39 is 0 Å². The molecule has 92 valence electrons. The zero-order chi connectivity index (χ0) is 12.5. The molecule has 2 aliphatic rings. The fourth-order valence-electron chi connectivity index (χ4n) is 2.32. The number of carbonyl (C=O) groups excluding carboxylic acids is 1. The molecule has 18 heavy (non-hydrogen) atoms. The first-order valence-electron chi connectivity index (χ1n) is 6.21. The number of para-hydroxylation sites is 1. The molecule has 0 spiro atoms. The number of benzene rings is 1. The van der Waals surface area contributed by atoms with Gasteiger partial charge in [-0.3, -0.25) is 4.79 Å². The molecule has 4 nitrogen and oxygen atoms in total. The minimum Gasteiger partial charge on any atom is -0.492 e. The number of hydrogen-bond donors (Lipinski definition) is 1. The number of nitrogens with zero attached hydrogens (tertiary/aromatic N) is 1. The highest BCUT2D eigenvalue weighted by Crippen LogP contribution is 2.35. The van der Waals surface area contributed by atoms with Crippen molar-refractivity contribution in [1.82, 2.24) is 5.32 Å². The normalized spacial score (nSPS) is 22.5. The second-order valence-electron chi connectivity index (χ2n) is 4.85. The van der Waals surface area contributed by atoms with E-state index in [-0.39, 0.29) is 17.9 Å². The van der Waals surface area contributed by atoms with Crippen LogP contribution in [0.25, 0.3) is 0 Å². The molecular weight excluding hydrogens is 228 g/mol. The van der Waals surface area contributed by atoms with Crippen LogP contribution >= 0.6 is 0 Å². The molecule has 1 amide bonds. The first-order valence-corrected chi connectivity index (χ1v) is 6.21. The summed E-state index contributed by atoms with van der Waals surface area (Å²) in [5, 5.41) is 11.9. The predicted octanol–water partition coefficient (Wildman–Crippen LogP) is 1.58. The third-order valence-corrected chi connectivity index (χ3v) is 3.55. The van der Waals surface area contributed by atoms with Crippen molar-refractivity contribution in [1.29, 1.82) is 5.26 Å². The highest BCUT2D eigenvalue weighted by Gasteiger charge is 2.36. The SMILES string of the molecule is N#C[C@H](NC(=O)[C@H]1COc2ccccc21)C1CC1. The average Bonchev–Trinajstić information content (AvgIpc) is 3.14. The summed E-state index contributed by atoms with van der Waals surface area (Å²) in [7, 11) is 0. The van der Waals surface area contributed by atoms with Gasteiger partial charge in [0.25, 0.3) is 0 Å². The molecule has 1 N–H and O–H groups in total. The molecule has 1 aromatic carbocycles. The van der Waals surface area contributed by atoms with Gasteiger partial charge in [-0.2, -0.15) is 5.26 Å². The van der Waals surface area contributed by atoms with Gasteiger partial charge in [0.15, 0.2) is 0 Å². The van der Waals surface area contributed by atoms with Gasteiger partial charge in [-0.15, -0.1) is 0 Å². The van der Waals surface area contributed by atoms with E-state index in [0.29, 0.717) is 12.5 Å². The van der Waals surface area contributed by atoms with Crippen molar-refractivity contribution in [3.05, 3.63) is 29.8 Å². The predicted molar refractivity (Wildman–Crippen MR) is 64.9 cm³/mol. The molecule has 0 saturated heterocycles. The Bertz CT molecular complexity index is 517. The lowest BCUT2D eigenvalue weighted by Gasteiger charge is -2.14. The van der Waals surface area contributed by atoms with E-state index in [1.165, 1.54) is 0 Å². The summed E-state index contributed by atoms with van der Waals surface area (Å²) in [4.78, 5) is 12.2. The molecule has 1 aliphatic carbocycles. The number of ether oxygens (including phenoxy) is 1. The highest BCUT2D eigenvalue weighted by molar-refractivity contribution is 5.86. The monoisotopic (exact) mass is 242 g/mol. The van der Waals surface area contributed by atoms with Gasteiger partial charge in [-0.1, -0.05) is 18.2 Å². The Balaban J connectivity index is 1.72. The van der Waals surface area contributed by atoms with Crippen molar-refractivity contribution in [2.45, 2.75) is 24.8 Å². The second-order valence-corrected chi connectivity index (χ2v) is 4.85. The largest absolute Gasteiger partial charge is 0.492 e. The Morgan fingerprint density at radius 3 is 2.94 bits per heavy atom. The molecule has 2 atom stereocenters.